The number of carbonyl (C=O) groups is 1. The average Bonchev–Trinajstić information content (AvgIpc) is 2.93. The molecular formula is C30H39N5O. The largest absolute Gasteiger partial charge is 0.335 e. The molecule has 0 aliphatic carbocycles. The molecule has 1 saturated heterocycles. The number of likely N-dealkylation sites (N-methyl/N-ethyl adjacent to an activating group) is 1. The summed E-state index contributed by atoms with van der Waals surface area (Å²) in [5.41, 5.74) is 4.13. The fourth-order valence-electron chi connectivity index (χ4n) is 4.87. The topological polar surface area (TPSA) is 60.5 Å². The van der Waals surface area contributed by atoms with Crippen LogP contribution in [-0.4, -0.2) is 66.1 Å². The first kappa shape index (κ1) is 25.9. The molecule has 0 atom stereocenters. The molecule has 0 saturated carbocycles. The number of nitrogens with zero attached hydrogens (tertiary/aromatic N) is 3. The molecule has 2 N–H and O–H groups in total. The minimum absolute atomic E-state index is 0.122. The van der Waals surface area contributed by atoms with Crippen molar-refractivity contribution in [2.45, 2.75) is 38.6 Å². The van der Waals surface area contributed by atoms with E-state index in [-0.39, 0.29) is 12.1 Å². The van der Waals surface area contributed by atoms with Crippen LogP contribution in [0.3, 0.4) is 0 Å². The predicted octanol–water partition coefficient (Wildman–Crippen LogP) is 5.29. The van der Waals surface area contributed by atoms with Gasteiger partial charge in [0.05, 0.1) is 5.69 Å². The number of hydrogen-bond acceptors (Lipinski definition) is 4. The Morgan fingerprint density at radius 2 is 1.72 bits per heavy atom. The fraction of sp³-hybridized carbons (Fsp3) is 0.400. The summed E-state index contributed by atoms with van der Waals surface area (Å²) >= 11 is 0. The Labute approximate surface area is 215 Å². The van der Waals surface area contributed by atoms with Crippen LogP contribution in [0.2, 0.25) is 0 Å². The van der Waals surface area contributed by atoms with Gasteiger partial charge >= 0.3 is 6.03 Å². The highest BCUT2D eigenvalue weighted by Crippen LogP contribution is 2.27. The highest BCUT2D eigenvalue weighted by Gasteiger charge is 2.21. The quantitative estimate of drug-likeness (QED) is 0.387. The van der Waals surface area contributed by atoms with E-state index in [9.17, 15) is 4.79 Å². The van der Waals surface area contributed by atoms with Gasteiger partial charge in [0, 0.05) is 49.6 Å². The van der Waals surface area contributed by atoms with Gasteiger partial charge < -0.3 is 20.4 Å². The first-order valence-electron chi connectivity index (χ1n) is 13.3. The maximum atomic E-state index is 12.7. The average molecular weight is 486 g/mol. The van der Waals surface area contributed by atoms with E-state index in [2.05, 4.69) is 56.6 Å². The minimum atomic E-state index is -0.122. The van der Waals surface area contributed by atoms with E-state index in [0.29, 0.717) is 0 Å². The number of para-hydroxylation sites is 1. The second-order valence-corrected chi connectivity index (χ2v) is 9.48. The monoisotopic (exact) mass is 485 g/mol. The first-order valence-corrected chi connectivity index (χ1v) is 13.3. The van der Waals surface area contributed by atoms with Crippen molar-refractivity contribution in [2.24, 2.45) is 0 Å². The van der Waals surface area contributed by atoms with E-state index >= 15 is 0 Å². The van der Waals surface area contributed by atoms with Crippen LogP contribution < -0.4 is 10.6 Å². The Kier molecular flexibility index (Phi) is 9.88. The Morgan fingerprint density at radius 3 is 2.47 bits per heavy atom. The number of rotatable bonds is 11. The van der Waals surface area contributed by atoms with Gasteiger partial charge in [-0.1, -0.05) is 61.5 Å². The number of urea groups is 1. The number of carbonyl (C=O) groups excluding carboxylic acids is 1. The van der Waals surface area contributed by atoms with Crippen molar-refractivity contribution in [1.29, 1.82) is 0 Å². The standard InChI is InChI=1S/C30H39N5O/c1-2-34(22-16-26-13-8-9-19-31-26)20-10-21-35-23-17-27(18-24-35)32-30(36)33-29-15-7-6-14-28(29)25-11-4-3-5-12-25/h3-9,11-15,19,27H,2,10,16-18,20-24H2,1H3,(H2,32,33,36). The number of aromatic nitrogens is 1. The van der Waals surface area contributed by atoms with Crippen LogP contribution in [0.25, 0.3) is 11.1 Å². The molecule has 2 heterocycles. The van der Waals surface area contributed by atoms with E-state index in [4.69, 9.17) is 0 Å². The van der Waals surface area contributed by atoms with Crippen molar-refractivity contribution in [3.63, 3.8) is 0 Å². The van der Waals surface area contributed by atoms with Gasteiger partial charge in [0.2, 0.25) is 0 Å². The van der Waals surface area contributed by atoms with Gasteiger partial charge in [0.15, 0.2) is 0 Å². The third-order valence-corrected chi connectivity index (χ3v) is 6.99. The zero-order valence-corrected chi connectivity index (χ0v) is 21.4. The lowest BCUT2D eigenvalue weighted by Gasteiger charge is -2.33. The summed E-state index contributed by atoms with van der Waals surface area (Å²) in [6, 6.07) is 24.4. The van der Waals surface area contributed by atoms with E-state index in [1.54, 1.807) is 0 Å². The number of amides is 2. The zero-order valence-electron chi connectivity index (χ0n) is 21.4. The molecule has 6 nitrogen and oxygen atoms in total. The maximum Gasteiger partial charge on any atom is 0.319 e. The summed E-state index contributed by atoms with van der Waals surface area (Å²) in [5.74, 6) is 0. The van der Waals surface area contributed by atoms with Crippen LogP contribution in [0.1, 0.15) is 31.9 Å². The number of hydrogen-bond donors (Lipinski definition) is 2. The number of anilines is 1. The first-order chi connectivity index (χ1) is 17.7. The van der Waals surface area contributed by atoms with Gasteiger partial charge in [-0.05, 0) is 62.7 Å². The van der Waals surface area contributed by atoms with Crippen LogP contribution in [0, 0.1) is 0 Å². The molecule has 1 aromatic heterocycles. The summed E-state index contributed by atoms with van der Waals surface area (Å²) in [6.45, 7) is 8.66. The summed E-state index contributed by atoms with van der Waals surface area (Å²) < 4.78 is 0. The third kappa shape index (κ3) is 7.90. The molecule has 0 spiro atoms. The number of pyridine rings is 1. The van der Waals surface area contributed by atoms with Crippen molar-refractivity contribution < 1.29 is 4.79 Å². The van der Waals surface area contributed by atoms with Crippen LogP contribution >= 0.6 is 0 Å². The van der Waals surface area contributed by atoms with E-state index in [0.717, 1.165) is 81.0 Å². The van der Waals surface area contributed by atoms with E-state index < -0.39 is 0 Å². The van der Waals surface area contributed by atoms with E-state index in [1.807, 2.05) is 54.7 Å². The summed E-state index contributed by atoms with van der Waals surface area (Å²) in [4.78, 5) is 22.2. The molecule has 2 amide bonds. The molecular weight excluding hydrogens is 446 g/mol. The molecule has 1 fully saturated rings. The Balaban J connectivity index is 1.15. The normalized spacial score (nSPS) is 14.6. The third-order valence-electron chi connectivity index (χ3n) is 6.99. The second-order valence-electron chi connectivity index (χ2n) is 9.48. The maximum absolute atomic E-state index is 12.7. The van der Waals surface area contributed by atoms with Crippen molar-refractivity contribution in [1.82, 2.24) is 20.1 Å². The van der Waals surface area contributed by atoms with Crippen molar-refractivity contribution in [2.75, 3.05) is 44.6 Å². The van der Waals surface area contributed by atoms with Gasteiger partial charge in [-0.3, -0.25) is 4.98 Å². The molecule has 0 radical (unpaired) electrons. The van der Waals surface area contributed by atoms with Crippen LogP contribution in [0.5, 0.6) is 0 Å². The van der Waals surface area contributed by atoms with Crippen LogP contribution in [0.4, 0.5) is 10.5 Å². The SMILES string of the molecule is CCN(CCCN1CCC(NC(=O)Nc2ccccc2-c2ccccc2)CC1)CCc1ccccn1. The van der Waals surface area contributed by atoms with Crippen LogP contribution in [-0.2, 0) is 6.42 Å². The molecule has 4 rings (SSSR count). The summed E-state index contributed by atoms with van der Waals surface area (Å²) in [5, 5.41) is 6.26. The molecule has 36 heavy (non-hydrogen) atoms. The van der Waals surface area contributed by atoms with E-state index in [1.165, 1.54) is 6.42 Å². The molecule has 1 aliphatic heterocycles. The predicted molar refractivity (Wildman–Crippen MR) is 148 cm³/mol. The second kappa shape index (κ2) is 13.8. The van der Waals surface area contributed by atoms with Gasteiger partial charge in [-0.15, -0.1) is 0 Å². The smallest absolute Gasteiger partial charge is 0.319 e. The number of likely N-dealkylation sites (tertiary alicyclic amines) is 1. The molecule has 1 aliphatic rings. The molecule has 2 aromatic carbocycles. The molecule has 3 aromatic rings. The number of nitrogens with one attached hydrogen (secondary N) is 2. The highest BCUT2D eigenvalue weighted by atomic mass is 16.2. The lowest BCUT2D eigenvalue weighted by Crippen LogP contribution is -2.46. The van der Waals surface area contributed by atoms with Gasteiger partial charge in [-0.2, -0.15) is 0 Å². The number of benzene rings is 2. The van der Waals surface area contributed by atoms with Gasteiger partial charge in [0.1, 0.15) is 0 Å². The zero-order chi connectivity index (χ0) is 25.0. The molecule has 6 heteroatoms. The highest BCUT2D eigenvalue weighted by molar-refractivity contribution is 5.94. The number of piperidine rings is 1. The van der Waals surface area contributed by atoms with Crippen molar-refractivity contribution in [3.8, 4) is 11.1 Å². The summed E-state index contributed by atoms with van der Waals surface area (Å²) in [7, 11) is 0. The Morgan fingerprint density at radius 1 is 0.972 bits per heavy atom. The Bertz CT molecular complexity index is 1050. The lowest BCUT2D eigenvalue weighted by molar-refractivity contribution is 0.183. The summed E-state index contributed by atoms with van der Waals surface area (Å²) in [6.07, 6.45) is 6.03. The minimum Gasteiger partial charge on any atom is -0.335 e. The van der Waals surface area contributed by atoms with Crippen molar-refractivity contribution in [3.05, 3.63) is 84.7 Å². The fourth-order valence-corrected chi connectivity index (χ4v) is 4.87. The van der Waals surface area contributed by atoms with Crippen LogP contribution in [0.15, 0.2) is 79.0 Å². The lowest BCUT2D eigenvalue weighted by atomic mass is 10.0. The molecule has 0 bridgehead atoms. The Hall–Kier alpha value is -3.22. The van der Waals surface area contributed by atoms with Crippen molar-refractivity contribution >= 4 is 11.7 Å². The van der Waals surface area contributed by atoms with Gasteiger partial charge in [0.25, 0.3) is 0 Å². The molecule has 0 unspecified atom stereocenters. The van der Waals surface area contributed by atoms with Gasteiger partial charge in [-0.25, -0.2) is 4.79 Å². The molecule has 190 valence electrons.